The lowest BCUT2D eigenvalue weighted by atomic mass is 10.2. The van der Waals surface area contributed by atoms with Gasteiger partial charge in [0, 0.05) is 12.3 Å². The SMILES string of the molecule is C=CC(=O)Oc1c(OCC(O)COC(C)C)cccc1Oc1ncc(C(F)(F)F)cc1Cl. The third-order valence-corrected chi connectivity index (χ3v) is 3.98. The summed E-state index contributed by atoms with van der Waals surface area (Å²) in [6.07, 6.45) is -4.24. The van der Waals surface area contributed by atoms with Crippen LogP contribution in [0.15, 0.2) is 43.1 Å². The van der Waals surface area contributed by atoms with E-state index in [4.69, 9.17) is 30.5 Å². The third kappa shape index (κ3) is 7.40. The van der Waals surface area contributed by atoms with Crippen LogP contribution in [0.5, 0.6) is 23.1 Å². The van der Waals surface area contributed by atoms with Crippen molar-refractivity contribution >= 4 is 17.6 Å². The van der Waals surface area contributed by atoms with Gasteiger partial charge in [0.05, 0.1) is 18.3 Å². The Hall–Kier alpha value is -2.82. The number of pyridine rings is 1. The van der Waals surface area contributed by atoms with Crippen LogP contribution >= 0.6 is 11.6 Å². The van der Waals surface area contributed by atoms with Crippen LogP contribution in [0.2, 0.25) is 5.02 Å². The summed E-state index contributed by atoms with van der Waals surface area (Å²) < 4.78 is 60.0. The van der Waals surface area contributed by atoms with Gasteiger partial charge in [0.1, 0.15) is 17.7 Å². The lowest BCUT2D eigenvalue weighted by molar-refractivity contribution is -0.137. The molecular weight excluding hydrogens is 455 g/mol. The summed E-state index contributed by atoms with van der Waals surface area (Å²) in [5, 5.41) is 9.58. The maximum Gasteiger partial charge on any atom is 0.417 e. The molecule has 1 heterocycles. The number of hydrogen-bond donors (Lipinski definition) is 1. The van der Waals surface area contributed by atoms with E-state index in [9.17, 15) is 23.1 Å². The molecule has 0 aliphatic rings. The quantitative estimate of drug-likeness (QED) is 0.300. The first kappa shape index (κ1) is 25.4. The van der Waals surface area contributed by atoms with Crippen LogP contribution in [0, 0.1) is 0 Å². The van der Waals surface area contributed by atoms with Gasteiger partial charge in [-0.3, -0.25) is 0 Å². The summed E-state index contributed by atoms with van der Waals surface area (Å²) in [6, 6.07) is 4.94. The Bertz CT molecular complexity index is 952. The van der Waals surface area contributed by atoms with Gasteiger partial charge in [-0.15, -0.1) is 0 Å². The van der Waals surface area contributed by atoms with Crippen molar-refractivity contribution in [3.05, 3.63) is 53.7 Å². The van der Waals surface area contributed by atoms with Gasteiger partial charge in [0.25, 0.3) is 0 Å². The minimum atomic E-state index is -4.63. The number of esters is 1. The van der Waals surface area contributed by atoms with Gasteiger partial charge in [0.15, 0.2) is 11.5 Å². The van der Waals surface area contributed by atoms with Crippen LogP contribution in [0.4, 0.5) is 13.2 Å². The Kier molecular flexibility index (Phi) is 8.88. The number of rotatable bonds is 10. The summed E-state index contributed by atoms with van der Waals surface area (Å²) in [7, 11) is 0. The summed E-state index contributed by atoms with van der Waals surface area (Å²) >= 11 is 5.88. The van der Waals surface area contributed by atoms with Crippen molar-refractivity contribution in [3.8, 4) is 23.1 Å². The molecule has 1 aromatic carbocycles. The molecule has 0 aliphatic heterocycles. The molecule has 0 spiro atoms. The number of aliphatic hydroxyl groups is 1. The van der Waals surface area contributed by atoms with E-state index in [2.05, 4.69) is 11.6 Å². The first-order valence-electron chi connectivity index (χ1n) is 9.31. The van der Waals surface area contributed by atoms with Crippen molar-refractivity contribution in [3.63, 3.8) is 0 Å². The second-order valence-electron chi connectivity index (χ2n) is 6.67. The Morgan fingerprint density at radius 2 is 1.97 bits per heavy atom. The number of para-hydroxylation sites is 1. The Morgan fingerprint density at radius 3 is 2.56 bits per heavy atom. The fourth-order valence-corrected chi connectivity index (χ4v) is 2.43. The zero-order valence-corrected chi connectivity index (χ0v) is 17.9. The molecule has 174 valence electrons. The first-order valence-corrected chi connectivity index (χ1v) is 9.69. The van der Waals surface area contributed by atoms with Crippen LogP contribution in [-0.4, -0.2) is 41.5 Å². The Balaban J connectivity index is 2.29. The van der Waals surface area contributed by atoms with Gasteiger partial charge < -0.3 is 24.1 Å². The van der Waals surface area contributed by atoms with Crippen molar-refractivity contribution in [2.24, 2.45) is 0 Å². The second kappa shape index (κ2) is 11.2. The van der Waals surface area contributed by atoms with Gasteiger partial charge in [-0.2, -0.15) is 13.2 Å². The number of carbonyl (C=O) groups is 1. The minimum absolute atomic E-state index is 0.0146. The van der Waals surface area contributed by atoms with Crippen molar-refractivity contribution in [1.82, 2.24) is 4.98 Å². The normalized spacial score (nSPS) is 12.4. The number of hydrogen-bond acceptors (Lipinski definition) is 7. The van der Waals surface area contributed by atoms with Crippen LogP contribution in [-0.2, 0) is 15.7 Å². The van der Waals surface area contributed by atoms with Gasteiger partial charge in [0.2, 0.25) is 11.6 Å². The van der Waals surface area contributed by atoms with Crippen molar-refractivity contribution < 1.29 is 42.0 Å². The minimum Gasteiger partial charge on any atom is -0.487 e. The highest BCUT2D eigenvalue weighted by Crippen LogP contribution is 2.41. The summed E-state index contributed by atoms with van der Waals surface area (Å²) in [5.41, 5.74) is -1.05. The summed E-state index contributed by atoms with van der Waals surface area (Å²) in [4.78, 5) is 15.4. The molecule has 0 saturated carbocycles. The molecule has 11 heteroatoms. The van der Waals surface area contributed by atoms with Gasteiger partial charge in [-0.25, -0.2) is 9.78 Å². The van der Waals surface area contributed by atoms with Crippen LogP contribution in [0.1, 0.15) is 19.4 Å². The van der Waals surface area contributed by atoms with E-state index in [1.807, 2.05) is 13.8 Å². The van der Waals surface area contributed by atoms with Crippen molar-refractivity contribution in [1.29, 1.82) is 0 Å². The van der Waals surface area contributed by atoms with E-state index >= 15 is 0 Å². The van der Waals surface area contributed by atoms with Crippen molar-refractivity contribution in [2.45, 2.75) is 32.2 Å². The number of alkyl halides is 3. The predicted molar refractivity (Wildman–Crippen MR) is 109 cm³/mol. The lowest BCUT2D eigenvalue weighted by Gasteiger charge is -2.18. The number of halogens is 4. The molecule has 1 atom stereocenters. The van der Waals surface area contributed by atoms with Crippen molar-refractivity contribution in [2.75, 3.05) is 13.2 Å². The van der Waals surface area contributed by atoms with Crippen LogP contribution in [0.25, 0.3) is 0 Å². The molecule has 7 nitrogen and oxygen atoms in total. The highest BCUT2D eigenvalue weighted by Gasteiger charge is 2.32. The summed E-state index contributed by atoms with van der Waals surface area (Å²) in [6.45, 7) is 6.74. The molecule has 0 saturated heterocycles. The Morgan fingerprint density at radius 1 is 1.28 bits per heavy atom. The zero-order chi connectivity index (χ0) is 23.9. The maximum absolute atomic E-state index is 12.8. The monoisotopic (exact) mass is 475 g/mol. The van der Waals surface area contributed by atoms with Gasteiger partial charge in [-0.05, 0) is 32.0 Å². The number of carbonyl (C=O) groups excluding carboxylic acids is 1. The maximum atomic E-state index is 12.8. The van der Waals surface area contributed by atoms with E-state index in [-0.39, 0.29) is 42.4 Å². The first-order chi connectivity index (χ1) is 15.0. The molecule has 1 aromatic heterocycles. The zero-order valence-electron chi connectivity index (χ0n) is 17.2. The van der Waals surface area contributed by atoms with E-state index in [1.165, 1.54) is 18.2 Å². The van der Waals surface area contributed by atoms with E-state index in [0.717, 1.165) is 6.08 Å². The molecule has 0 fully saturated rings. The average molecular weight is 476 g/mol. The van der Waals surface area contributed by atoms with E-state index in [0.29, 0.717) is 12.3 Å². The number of aliphatic hydroxyl groups excluding tert-OH is 1. The molecule has 1 unspecified atom stereocenters. The fourth-order valence-electron chi connectivity index (χ4n) is 2.23. The molecule has 2 aromatic rings. The molecule has 0 bridgehead atoms. The highest BCUT2D eigenvalue weighted by atomic mass is 35.5. The van der Waals surface area contributed by atoms with E-state index < -0.39 is 28.8 Å². The standard InChI is InChI=1S/C21H21ClF3NO6/c1-4-18(28)32-19-16(30-11-14(27)10-29-12(2)3)6-5-7-17(19)31-20-15(22)8-13(9-26-20)21(23,24)25/h4-9,12,14,27H,1,10-11H2,2-3H3. The van der Waals surface area contributed by atoms with Crippen LogP contribution < -0.4 is 14.2 Å². The Labute approximate surface area is 187 Å². The molecule has 32 heavy (non-hydrogen) atoms. The summed E-state index contributed by atoms with van der Waals surface area (Å²) in [5.74, 6) is -1.49. The number of benzene rings is 1. The largest absolute Gasteiger partial charge is 0.487 e. The highest BCUT2D eigenvalue weighted by molar-refractivity contribution is 6.31. The molecule has 2 rings (SSSR count). The smallest absolute Gasteiger partial charge is 0.417 e. The fraction of sp³-hybridized carbons (Fsp3) is 0.333. The molecule has 0 aliphatic carbocycles. The van der Waals surface area contributed by atoms with E-state index in [1.54, 1.807) is 0 Å². The number of nitrogens with zero attached hydrogens (tertiary/aromatic N) is 1. The molecule has 1 N–H and O–H groups in total. The number of aromatic nitrogens is 1. The molecule has 0 amide bonds. The average Bonchev–Trinajstić information content (AvgIpc) is 2.72. The topological polar surface area (TPSA) is 87.1 Å². The predicted octanol–water partition coefficient (Wildman–Crippen LogP) is 4.80. The lowest BCUT2D eigenvalue weighted by Crippen LogP contribution is -2.25. The third-order valence-electron chi connectivity index (χ3n) is 3.71. The molecule has 0 radical (unpaired) electrons. The second-order valence-corrected chi connectivity index (χ2v) is 7.07. The van der Waals surface area contributed by atoms with Crippen LogP contribution in [0.3, 0.4) is 0 Å². The molecular formula is C21H21ClF3NO6. The van der Waals surface area contributed by atoms with Gasteiger partial charge in [-0.1, -0.05) is 24.2 Å². The van der Waals surface area contributed by atoms with Gasteiger partial charge >= 0.3 is 12.1 Å². The number of ether oxygens (including phenoxy) is 4.